The molecule has 0 atom stereocenters. The Morgan fingerprint density at radius 2 is 1.78 bits per heavy atom. The second-order valence-corrected chi connectivity index (χ2v) is 4.09. The summed E-state index contributed by atoms with van der Waals surface area (Å²) < 4.78 is 8.77. The zero-order valence-corrected chi connectivity index (χ0v) is 13.9. The number of hydrogen-bond acceptors (Lipinski definition) is 5. The van der Waals surface area contributed by atoms with E-state index in [1.165, 1.54) is 0 Å². The van der Waals surface area contributed by atoms with Crippen LogP contribution >= 0.6 is 7.82 Å². The van der Waals surface area contributed by atoms with Gasteiger partial charge in [0.25, 0.3) is 13.8 Å². The van der Waals surface area contributed by atoms with Crippen molar-refractivity contribution >= 4 is 13.8 Å². The quantitative estimate of drug-likeness (QED) is 0.332. The van der Waals surface area contributed by atoms with E-state index in [1.807, 2.05) is 0 Å². The fraction of sp³-hybridized carbons (Fsp3) is 0.625. The number of phosphoric acid groups is 1. The van der Waals surface area contributed by atoms with E-state index in [-0.39, 0.29) is 29.6 Å². The van der Waals surface area contributed by atoms with E-state index in [0.717, 1.165) is 20.1 Å². The first-order valence-electron chi connectivity index (χ1n) is 4.65. The van der Waals surface area contributed by atoms with Gasteiger partial charge in [0.15, 0.2) is 0 Å². The average Bonchev–Trinajstić information content (AvgIpc) is 2.47. The molecule has 0 aromatic heterocycles. The van der Waals surface area contributed by atoms with Crippen LogP contribution in [0, 0.1) is 0 Å². The van der Waals surface area contributed by atoms with Crippen molar-refractivity contribution in [2.45, 2.75) is 13.8 Å². The second kappa shape index (κ2) is 12.0. The molecule has 1 heterocycles. The van der Waals surface area contributed by atoms with Crippen molar-refractivity contribution in [3.05, 3.63) is 12.4 Å². The molecule has 0 aromatic carbocycles. The first-order chi connectivity index (χ1) is 7.56. The molecular weight excluding hydrogens is 274 g/mol. The third-order valence-corrected chi connectivity index (χ3v) is 1.34. The van der Waals surface area contributed by atoms with E-state index in [1.54, 1.807) is 0 Å². The van der Waals surface area contributed by atoms with E-state index < -0.39 is 13.8 Å². The normalized spacial score (nSPS) is 12.8. The standard InChI is InChI=1S/C6H12N2.C2H4O2.Na.H3O4P/c1-3-8-5-4-7(2)6-8;1-2(3)4;;1-5(2,3)4/h4-5H,3,6H2,1-2H3;1H3,(H,3,4);;(H3,1,2,3,4)/q;;+1;/p-1. The summed E-state index contributed by atoms with van der Waals surface area (Å²) in [5, 5.41) is 7.42. The average molecular weight is 292 g/mol. The smallest absolute Gasteiger partial charge is 0.756 e. The van der Waals surface area contributed by atoms with Gasteiger partial charge in [0.05, 0.1) is 6.67 Å². The van der Waals surface area contributed by atoms with Crippen molar-refractivity contribution in [3.8, 4) is 0 Å². The maximum absolute atomic E-state index is 9.00. The monoisotopic (exact) mass is 292 g/mol. The number of carbonyl (C=O) groups is 1. The van der Waals surface area contributed by atoms with Crippen molar-refractivity contribution < 1.29 is 58.7 Å². The Hall–Kier alpha value is -0.0800. The van der Waals surface area contributed by atoms with Crippen LogP contribution in [0.25, 0.3) is 0 Å². The molecule has 1 rings (SSSR count). The molecule has 0 saturated heterocycles. The van der Waals surface area contributed by atoms with Crippen molar-refractivity contribution in [3.63, 3.8) is 0 Å². The Balaban J connectivity index is -0.000000198. The van der Waals surface area contributed by atoms with E-state index in [9.17, 15) is 0 Å². The van der Waals surface area contributed by atoms with E-state index in [0.29, 0.717) is 0 Å². The van der Waals surface area contributed by atoms with Crippen LogP contribution in [0.1, 0.15) is 13.8 Å². The number of nitrogens with zero attached hydrogens (tertiary/aromatic N) is 2. The SMILES string of the molecule is CC(=O)O.CCN1C=CN(C)C1.O=P([O-])(O)O.[Na+]. The molecule has 0 radical (unpaired) electrons. The van der Waals surface area contributed by atoms with Crippen LogP contribution in [0.2, 0.25) is 0 Å². The predicted octanol–water partition coefficient (Wildman–Crippen LogP) is -3.78. The molecular formula is C8H18N2NaO6P. The van der Waals surface area contributed by atoms with Gasteiger partial charge in [-0.2, -0.15) is 0 Å². The summed E-state index contributed by atoms with van der Waals surface area (Å²) >= 11 is 0. The first kappa shape index (κ1) is 23.0. The molecule has 0 spiro atoms. The molecule has 0 bridgehead atoms. The molecule has 10 heteroatoms. The maximum Gasteiger partial charge on any atom is 1.00 e. The van der Waals surface area contributed by atoms with Gasteiger partial charge >= 0.3 is 29.6 Å². The molecule has 0 aromatic rings. The largest absolute Gasteiger partial charge is 1.00 e. The Morgan fingerprint density at radius 3 is 1.89 bits per heavy atom. The molecule has 1 aliphatic heterocycles. The van der Waals surface area contributed by atoms with Gasteiger partial charge in [-0.3, -0.25) is 9.36 Å². The van der Waals surface area contributed by atoms with Crippen LogP contribution in [0.4, 0.5) is 0 Å². The van der Waals surface area contributed by atoms with Crippen LogP contribution < -0.4 is 34.5 Å². The molecule has 102 valence electrons. The molecule has 0 aliphatic carbocycles. The third kappa shape index (κ3) is 29.7. The van der Waals surface area contributed by atoms with Crippen molar-refractivity contribution in [2.75, 3.05) is 20.3 Å². The number of carboxylic acid groups (broad SMARTS) is 1. The summed E-state index contributed by atoms with van der Waals surface area (Å²) in [5.41, 5.74) is 0. The van der Waals surface area contributed by atoms with Gasteiger partial charge in [-0.25, -0.2) is 0 Å². The van der Waals surface area contributed by atoms with Crippen LogP contribution in [0.5, 0.6) is 0 Å². The Morgan fingerprint density at radius 1 is 1.44 bits per heavy atom. The summed E-state index contributed by atoms with van der Waals surface area (Å²) in [6.45, 7) is 5.40. The fourth-order valence-electron chi connectivity index (χ4n) is 0.794. The molecule has 0 saturated carbocycles. The van der Waals surface area contributed by atoms with Gasteiger partial charge < -0.3 is 29.6 Å². The van der Waals surface area contributed by atoms with Gasteiger partial charge in [-0.05, 0) is 6.92 Å². The van der Waals surface area contributed by atoms with Crippen molar-refractivity contribution in [1.29, 1.82) is 0 Å². The number of hydrogen-bond donors (Lipinski definition) is 3. The number of carboxylic acids is 1. The van der Waals surface area contributed by atoms with Gasteiger partial charge in [-0.1, -0.05) is 0 Å². The van der Waals surface area contributed by atoms with Gasteiger partial charge in [0.2, 0.25) is 0 Å². The van der Waals surface area contributed by atoms with Crippen LogP contribution in [-0.4, -0.2) is 50.9 Å². The Kier molecular flexibility index (Phi) is 15.3. The third-order valence-electron chi connectivity index (χ3n) is 1.34. The topological polar surface area (TPSA) is 124 Å². The second-order valence-electron chi connectivity index (χ2n) is 3.11. The van der Waals surface area contributed by atoms with Crippen LogP contribution in [0.3, 0.4) is 0 Å². The van der Waals surface area contributed by atoms with Crippen molar-refractivity contribution in [1.82, 2.24) is 9.80 Å². The fourth-order valence-corrected chi connectivity index (χ4v) is 0.794. The predicted molar refractivity (Wildman–Crippen MR) is 59.5 cm³/mol. The van der Waals surface area contributed by atoms with Crippen LogP contribution in [-0.2, 0) is 9.36 Å². The van der Waals surface area contributed by atoms with Crippen molar-refractivity contribution in [2.24, 2.45) is 0 Å². The van der Waals surface area contributed by atoms with Gasteiger partial charge in [-0.15, -0.1) is 0 Å². The minimum absolute atomic E-state index is 0. The molecule has 3 N–H and O–H groups in total. The summed E-state index contributed by atoms with van der Waals surface area (Å²) in [4.78, 5) is 36.3. The van der Waals surface area contributed by atoms with E-state index in [2.05, 4.69) is 36.2 Å². The Labute approximate surface area is 128 Å². The summed E-state index contributed by atoms with van der Waals surface area (Å²) in [6.07, 6.45) is 4.20. The minimum Gasteiger partial charge on any atom is -0.756 e. The first-order valence-corrected chi connectivity index (χ1v) is 6.18. The number of aliphatic carboxylic acids is 1. The summed E-state index contributed by atoms with van der Waals surface area (Å²) in [6, 6.07) is 0. The van der Waals surface area contributed by atoms with Crippen LogP contribution in [0.15, 0.2) is 12.4 Å². The summed E-state index contributed by atoms with van der Waals surface area (Å²) in [5.74, 6) is -0.833. The maximum atomic E-state index is 9.00. The molecule has 0 amide bonds. The minimum atomic E-state index is -4.89. The summed E-state index contributed by atoms with van der Waals surface area (Å²) in [7, 11) is -2.81. The molecule has 1 aliphatic rings. The van der Waals surface area contributed by atoms with Gasteiger partial charge in [0, 0.05) is 32.9 Å². The molecule has 8 nitrogen and oxygen atoms in total. The zero-order valence-electron chi connectivity index (χ0n) is 11.0. The van der Waals surface area contributed by atoms with Gasteiger partial charge in [0.1, 0.15) is 0 Å². The molecule has 0 unspecified atom stereocenters. The zero-order chi connectivity index (χ0) is 14.1. The number of rotatable bonds is 1. The van der Waals surface area contributed by atoms with E-state index in [4.69, 9.17) is 29.1 Å². The van der Waals surface area contributed by atoms with E-state index >= 15 is 0 Å². The molecule has 18 heavy (non-hydrogen) atoms. The Bertz CT molecular complexity index is 283. The molecule has 0 fully saturated rings.